The fraction of sp³-hybridized carbons (Fsp3) is 0.467. The summed E-state index contributed by atoms with van der Waals surface area (Å²) >= 11 is 0. The Labute approximate surface area is 124 Å². The summed E-state index contributed by atoms with van der Waals surface area (Å²) in [6.07, 6.45) is 2.92. The number of nitrogens with zero attached hydrogens (tertiary/aromatic N) is 2. The van der Waals surface area contributed by atoms with Crippen LogP contribution in [-0.4, -0.2) is 22.8 Å². The first-order valence-electron chi connectivity index (χ1n) is 7.12. The van der Waals surface area contributed by atoms with Gasteiger partial charge in [-0.15, -0.1) is 0 Å². The number of para-hydroxylation sites is 1. The average Bonchev–Trinajstić information content (AvgIpc) is 3.00. The number of rotatable bonds is 8. The summed E-state index contributed by atoms with van der Waals surface area (Å²) in [6.45, 7) is 4.81. The lowest BCUT2D eigenvalue weighted by molar-refractivity contribution is 0.255. The van der Waals surface area contributed by atoms with Crippen molar-refractivity contribution in [3.8, 4) is 11.5 Å². The third-order valence-electron chi connectivity index (χ3n) is 3.12. The summed E-state index contributed by atoms with van der Waals surface area (Å²) in [6, 6.07) is 5.93. The van der Waals surface area contributed by atoms with Crippen LogP contribution in [0, 0.1) is 0 Å². The number of ether oxygens (including phenoxy) is 2. The zero-order valence-corrected chi connectivity index (χ0v) is 12.4. The van der Waals surface area contributed by atoms with Crippen molar-refractivity contribution in [2.75, 3.05) is 6.61 Å². The monoisotopic (exact) mass is 291 g/mol. The highest BCUT2D eigenvalue weighted by Gasteiger charge is 2.14. The molecule has 0 bridgehead atoms. The van der Waals surface area contributed by atoms with Crippen LogP contribution >= 0.6 is 0 Å². The Morgan fingerprint density at radius 3 is 2.81 bits per heavy atom. The van der Waals surface area contributed by atoms with Gasteiger partial charge in [-0.05, 0) is 31.4 Å². The van der Waals surface area contributed by atoms with Gasteiger partial charge in [-0.25, -0.2) is 0 Å². The van der Waals surface area contributed by atoms with Gasteiger partial charge in [-0.1, -0.05) is 24.2 Å². The van der Waals surface area contributed by atoms with Crippen LogP contribution in [-0.2, 0) is 13.0 Å². The maximum atomic E-state index is 6.05. The van der Waals surface area contributed by atoms with E-state index in [0.29, 0.717) is 23.9 Å². The zero-order valence-electron chi connectivity index (χ0n) is 12.4. The van der Waals surface area contributed by atoms with E-state index in [-0.39, 0.29) is 12.6 Å². The SMILES string of the molecule is CCOc1cccc(CC(N)CC)c1OCc1ncon1. The molecule has 0 fully saturated rings. The molecule has 2 N–H and O–H groups in total. The van der Waals surface area contributed by atoms with Crippen LogP contribution in [0.5, 0.6) is 11.5 Å². The molecule has 6 heteroatoms. The first-order chi connectivity index (χ1) is 10.2. The van der Waals surface area contributed by atoms with Gasteiger partial charge in [0.1, 0.15) is 0 Å². The predicted octanol–water partition coefficient (Wildman–Crippen LogP) is 2.33. The van der Waals surface area contributed by atoms with Gasteiger partial charge in [-0.2, -0.15) is 4.98 Å². The molecule has 6 nitrogen and oxygen atoms in total. The molecule has 1 aromatic heterocycles. The fourth-order valence-corrected chi connectivity index (χ4v) is 1.97. The molecule has 0 aliphatic carbocycles. The topological polar surface area (TPSA) is 83.4 Å². The Kier molecular flexibility index (Phi) is 5.57. The summed E-state index contributed by atoms with van der Waals surface area (Å²) in [5, 5.41) is 3.74. The largest absolute Gasteiger partial charge is 0.490 e. The minimum atomic E-state index is 0.0920. The Morgan fingerprint density at radius 2 is 2.14 bits per heavy atom. The standard InChI is InChI=1S/C15H21N3O3/c1-3-12(16)8-11-6-5-7-13(19-4-2)15(11)20-9-14-17-10-21-18-14/h5-7,10,12H,3-4,8-9,16H2,1-2H3. The molecule has 1 atom stereocenters. The summed E-state index contributed by atoms with van der Waals surface area (Å²) < 4.78 is 16.2. The summed E-state index contributed by atoms with van der Waals surface area (Å²) in [4.78, 5) is 3.95. The van der Waals surface area contributed by atoms with Gasteiger partial charge in [0.15, 0.2) is 18.1 Å². The maximum Gasteiger partial charge on any atom is 0.213 e. The van der Waals surface area contributed by atoms with E-state index in [1.165, 1.54) is 6.39 Å². The molecule has 0 spiro atoms. The van der Waals surface area contributed by atoms with Gasteiger partial charge in [0.05, 0.1) is 6.61 Å². The first kappa shape index (κ1) is 15.3. The van der Waals surface area contributed by atoms with Gasteiger partial charge in [-0.3, -0.25) is 0 Å². The molecular formula is C15H21N3O3. The Balaban J connectivity index is 2.20. The van der Waals surface area contributed by atoms with Gasteiger partial charge in [0.2, 0.25) is 12.2 Å². The van der Waals surface area contributed by atoms with Crippen LogP contribution in [0.25, 0.3) is 0 Å². The molecule has 0 aliphatic rings. The minimum absolute atomic E-state index is 0.0920. The molecule has 0 aliphatic heterocycles. The second kappa shape index (κ2) is 7.64. The van der Waals surface area contributed by atoms with Crippen LogP contribution in [0.1, 0.15) is 31.7 Å². The summed E-state index contributed by atoms with van der Waals surface area (Å²) in [5.41, 5.74) is 7.08. The Bertz CT molecular complexity index is 543. The van der Waals surface area contributed by atoms with Gasteiger partial charge >= 0.3 is 0 Å². The number of hydrogen-bond acceptors (Lipinski definition) is 6. The average molecular weight is 291 g/mol. The van der Waals surface area contributed by atoms with Crippen LogP contribution in [0.2, 0.25) is 0 Å². The van der Waals surface area contributed by atoms with Gasteiger partial charge in [0.25, 0.3) is 0 Å². The highest BCUT2D eigenvalue weighted by molar-refractivity contribution is 5.47. The van der Waals surface area contributed by atoms with Crippen molar-refractivity contribution in [2.45, 2.75) is 39.3 Å². The molecule has 1 aromatic carbocycles. The zero-order chi connectivity index (χ0) is 15.1. The molecule has 0 radical (unpaired) electrons. The summed E-state index contributed by atoms with van der Waals surface area (Å²) in [7, 11) is 0. The van der Waals surface area contributed by atoms with Crippen LogP contribution in [0.15, 0.2) is 29.1 Å². The molecule has 2 aromatic rings. The van der Waals surface area contributed by atoms with Crippen LogP contribution in [0.3, 0.4) is 0 Å². The predicted molar refractivity (Wildman–Crippen MR) is 78.2 cm³/mol. The molecule has 2 rings (SSSR count). The summed E-state index contributed by atoms with van der Waals surface area (Å²) in [5.74, 6) is 1.90. The maximum absolute atomic E-state index is 6.05. The smallest absolute Gasteiger partial charge is 0.213 e. The molecule has 0 amide bonds. The quantitative estimate of drug-likeness (QED) is 0.803. The van der Waals surface area contributed by atoms with E-state index in [1.807, 2.05) is 25.1 Å². The molecule has 1 heterocycles. The highest BCUT2D eigenvalue weighted by atomic mass is 16.5. The van der Waals surface area contributed by atoms with E-state index in [0.717, 1.165) is 18.4 Å². The van der Waals surface area contributed by atoms with Crippen molar-refractivity contribution < 1.29 is 14.0 Å². The molecule has 0 saturated heterocycles. The highest BCUT2D eigenvalue weighted by Crippen LogP contribution is 2.32. The van der Waals surface area contributed by atoms with Crippen molar-refractivity contribution in [3.05, 3.63) is 36.0 Å². The van der Waals surface area contributed by atoms with Crippen molar-refractivity contribution in [1.29, 1.82) is 0 Å². The van der Waals surface area contributed by atoms with Crippen molar-refractivity contribution >= 4 is 0 Å². The molecule has 21 heavy (non-hydrogen) atoms. The normalized spacial score (nSPS) is 12.1. The number of nitrogens with two attached hydrogens (primary N) is 1. The van der Waals surface area contributed by atoms with E-state index in [1.54, 1.807) is 0 Å². The fourth-order valence-electron chi connectivity index (χ4n) is 1.97. The minimum Gasteiger partial charge on any atom is -0.490 e. The number of hydrogen-bond donors (Lipinski definition) is 1. The Morgan fingerprint density at radius 1 is 1.29 bits per heavy atom. The second-order valence-corrected chi connectivity index (χ2v) is 4.69. The van der Waals surface area contributed by atoms with Crippen molar-refractivity contribution in [2.24, 2.45) is 5.73 Å². The van der Waals surface area contributed by atoms with E-state index in [9.17, 15) is 0 Å². The number of benzene rings is 1. The Hall–Kier alpha value is -2.08. The van der Waals surface area contributed by atoms with E-state index < -0.39 is 0 Å². The van der Waals surface area contributed by atoms with E-state index >= 15 is 0 Å². The lowest BCUT2D eigenvalue weighted by Crippen LogP contribution is -2.21. The van der Waals surface area contributed by atoms with Gasteiger partial charge < -0.3 is 19.7 Å². The van der Waals surface area contributed by atoms with Crippen molar-refractivity contribution in [1.82, 2.24) is 10.1 Å². The second-order valence-electron chi connectivity index (χ2n) is 4.69. The third-order valence-corrected chi connectivity index (χ3v) is 3.12. The van der Waals surface area contributed by atoms with Crippen LogP contribution in [0.4, 0.5) is 0 Å². The number of aromatic nitrogens is 2. The molecule has 0 saturated carbocycles. The molecular weight excluding hydrogens is 270 g/mol. The molecule has 114 valence electrons. The molecule has 1 unspecified atom stereocenters. The third kappa shape index (κ3) is 4.19. The lowest BCUT2D eigenvalue weighted by Gasteiger charge is -2.17. The van der Waals surface area contributed by atoms with Crippen LogP contribution < -0.4 is 15.2 Å². The van der Waals surface area contributed by atoms with E-state index in [2.05, 4.69) is 17.1 Å². The van der Waals surface area contributed by atoms with Crippen molar-refractivity contribution in [3.63, 3.8) is 0 Å². The van der Waals surface area contributed by atoms with E-state index in [4.69, 9.17) is 19.7 Å². The lowest BCUT2D eigenvalue weighted by atomic mass is 10.0. The first-order valence-corrected chi connectivity index (χ1v) is 7.12. The van der Waals surface area contributed by atoms with Gasteiger partial charge in [0, 0.05) is 6.04 Å².